The van der Waals surface area contributed by atoms with Crippen LogP contribution in [0.25, 0.3) is 11.6 Å². The summed E-state index contributed by atoms with van der Waals surface area (Å²) in [5.41, 5.74) is 2.85. The molecule has 162 valence electrons. The highest BCUT2D eigenvalue weighted by Crippen LogP contribution is 2.36. The van der Waals surface area contributed by atoms with Crippen LogP contribution in [-0.2, 0) is 6.42 Å². The smallest absolute Gasteiger partial charge is 0.272 e. The third kappa shape index (κ3) is 4.61. The van der Waals surface area contributed by atoms with E-state index in [2.05, 4.69) is 19.1 Å². The van der Waals surface area contributed by atoms with Crippen molar-refractivity contribution < 1.29 is 9.66 Å². The highest BCUT2D eigenvalue weighted by Gasteiger charge is 2.23. The highest BCUT2D eigenvalue weighted by molar-refractivity contribution is 5.87. The van der Waals surface area contributed by atoms with E-state index in [0.717, 1.165) is 12.0 Å². The fourth-order valence-electron chi connectivity index (χ4n) is 4.21. The summed E-state index contributed by atoms with van der Waals surface area (Å²) in [5, 5.41) is 30.3. The Bertz CT molecular complexity index is 1300. The molecule has 0 amide bonds. The molecule has 2 atom stereocenters. The number of nitro benzene ring substituents is 1. The van der Waals surface area contributed by atoms with E-state index in [4.69, 9.17) is 4.74 Å². The van der Waals surface area contributed by atoms with Crippen LogP contribution in [0.4, 0.5) is 5.69 Å². The van der Waals surface area contributed by atoms with E-state index >= 15 is 0 Å². The van der Waals surface area contributed by atoms with Gasteiger partial charge in [-0.25, -0.2) is 0 Å². The Balaban J connectivity index is 1.66. The monoisotopic (exact) mass is 435 g/mol. The standard InChI is InChI=1S/C27H21N3O3/c1-18-5-4-6-20(18)14-21-13-19(10-12-26(21)30(31)32)9-11-23-15-25(22(16-28)17-29)24-7-2-3-8-27(24)33-23/h2-5,7-13,15,18,20H,6,14H2,1H3/b11-9+. The molecule has 1 heterocycles. The van der Waals surface area contributed by atoms with Crippen LogP contribution in [0.5, 0.6) is 5.75 Å². The molecule has 0 bridgehead atoms. The zero-order chi connectivity index (χ0) is 23.4. The molecule has 0 saturated carbocycles. The van der Waals surface area contributed by atoms with Crippen LogP contribution >= 0.6 is 0 Å². The lowest BCUT2D eigenvalue weighted by Crippen LogP contribution is -2.09. The van der Waals surface area contributed by atoms with Crippen molar-refractivity contribution in [2.24, 2.45) is 11.8 Å². The van der Waals surface area contributed by atoms with Crippen LogP contribution in [0, 0.1) is 44.6 Å². The molecule has 0 fully saturated rings. The first-order valence-electron chi connectivity index (χ1n) is 10.7. The maximum atomic E-state index is 11.6. The second-order valence-electron chi connectivity index (χ2n) is 8.12. The Morgan fingerprint density at radius 3 is 2.70 bits per heavy atom. The summed E-state index contributed by atoms with van der Waals surface area (Å²) < 4.78 is 5.94. The molecular formula is C27H21N3O3. The average molecular weight is 435 g/mol. The van der Waals surface area contributed by atoms with Gasteiger partial charge >= 0.3 is 0 Å². The molecule has 6 nitrogen and oxygen atoms in total. The van der Waals surface area contributed by atoms with Crippen LogP contribution in [-0.4, -0.2) is 4.92 Å². The minimum Gasteiger partial charge on any atom is -0.457 e. The van der Waals surface area contributed by atoms with Crippen molar-refractivity contribution >= 4 is 17.3 Å². The molecule has 33 heavy (non-hydrogen) atoms. The number of para-hydroxylation sites is 1. The van der Waals surface area contributed by atoms with Gasteiger partial charge in [0, 0.05) is 22.8 Å². The van der Waals surface area contributed by atoms with E-state index in [0.29, 0.717) is 46.5 Å². The van der Waals surface area contributed by atoms with Crippen LogP contribution < -0.4 is 4.74 Å². The Kier molecular flexibility index (Phi) is 6.20. The lowest BCUT2D eigenvalue weighted by atomic mass is 9.89. The van der Waals surface area contributed by atoms with Gasteiger partial charge in [-0.3, -0.25) is 10.1 Å². The molecule has 2 aliphatic rings. The van der Waals surface area contributed by atoms with E-state index in [1.807, 2.05) is 36.4 Å². The van der Waals surface area contributed by atoms with Crippen molar-refractivity contribution in [1.29, 1.82) is 10.5 Å². The highest BCUT2D eigenvalue weighted by atomic mass is 16.6. The minimum absolute atomic E-state index is 0.00793. The van der Waals surface area contributed by atoms with Gasteiger partial charge in [0.15, 0.2) is 0 Å². The molecule has 0 spiro atoms. The number of allylic oxidation sites excluding steroid dienone is 6. The van der Waals surface area contributed by atoms with Gasteiger partial charge in [0.2, 0.25) is 0 Å². The van der Waals surface area contributed by atoms with Gasteiger partial charge in [-0.15, -0.1) is 0 Å². The van der Waals surface area contributed by atoms with Crippen LogP contribution in [0.2, 0.25) is 0 Å². The predicted octanol–water partition coefficient (Wildman–Crippen LogP) is 6.14. The normalized spacial score (nSPS) is 18.8. The van der Waals surface area contributed by atoms with E-state index in [1.165, 1.54) is 0 Å². The quantitative estimate of drug-likeness (QED) is 0.243. The Hall–Kier alpha value is -4.42. The van der Waals surface area contributed by atoms with Crippen LogP contribution in [0.3, 0.4) is 0 Å². The van der Waals surface area contributed by atoms with Gasteiger partial charge in [-0.1, -0.05) is 43.4 Å². The van der Waals surface area contributed by atoms with Crippen LogP contribution in [0.15, 0.2) is 78.1 Å². The fraction of sp³-hybridized carbons (Fsp3) is 0.185. The summed E-state index contributed by atoms with van der Waals surface area (Å²) in [5.74, 6) is 1.78. The molecule has 2 unspecified atom stereocenters. The van der Waals surface area contributed by atoms with E-state index in [1.54, 1.807) is 36.4 Å². The first-order chi connectivity index (χ1) is 16.0. The van der Waals surface area contributed by atoms with Crippen molar-refractivity contribution in [2.75, 3.05) is 0 Å². The minimum atomic E-state index is -0.331. The van der Waals surface area contributed by atoms with Gasteiger partial charge in [-0.05, 0) is 60.6 Å². The van der Waals surface area contributed by atoms with E-state index < -0.39 is 0 Å². The van der Waals surface area contributed by atoms with Gasteiger partial charge in [-0.2, -0.15) is 10.5 Å². The number of nitriles is 2. The number of ether oxygens (including phenoxy) is 1. The molecule has 4 rings (SSSR count). The molecule has 0 saturated heterocycles. The van der Waals surface area contributed by atoms with Crippen molar-refractivity contribution in [1.82, 2.24) is 0 Å². The fourth-order valence-corrected chi connectivity index (χ4v) is 4.21. The van der Waals surface area contributed by atoms with E-state index in [9.17, 15) is 20.6 Å². The number of fused-ring (bicyclic) bond motifs is 1. The maximum absolute atomic E-state index is 11.6. The number of hydrogen-bond donors (Lipinski definition) is 0. The molecule has 0 aromatic heterocycles. The Morgan fingerprint density at radius 2 is 2.00 bits per heavy atom. The SMILES string of the molecule is CC1C=CCC1Cc1cc(/C=C/C2=CC(=C(C#N)C#N)c3ccccc3O2)ccc1[N+](=O)[O-]. The second-order valence-corrected chi connectivity index (χ2v) is 8.12. The van der Waals surface area contributed by atoms with E-state index in [-0.39, 0.29) is 16.2 Å². The predicted molar refractivity (Wildman–Crippen MR) is 126 cm³/mol. The second kappa shape index (κ2) is 9.38. The summed E-state index contributed by atoms with van der Waals surface area (Å²) in [6, 6.07) is 16.2. The first-order valence-corrected chi connectivity index (χ1v) is 10.7. The summed E-state index contributed by atoms with van der Waals surface area (Å²) in [4.78, 5) is 11.2. The molecule has 0 radical (unpaired) electrons. The molecule has 1 aliphatic carbocycles. The lowest BCUT2D eigenvalue weighted by molar-refractivity contribution is -0.385. The lowest BCUT2D eigenvalue weighted by Gasteiger charge is -2.18. The topological polar surface area (TPSA) is 100.0 Å². The number of nitrogens with zero attached hydrogens (tertiary/aromatic N) is 3. The van der Waals surface area contributed by atoms with Crippen molar-refractivity contribution in [3.8, 4) is 17.9 Å². The zero-order valence-electron chi connectivity index (χ0n) is 18.1. The largest absolute Gasteiger partial charge is 0.457 e. The number of nitro groups is 1. The Labute approximate surface area is 192 Å². The van der Waals surface area contributed by atoms with Gasteiger partial charge in [0.05, 0.1) is 4.92 Å². The molecular weight excluding hydrogens is 414 g/mol. The average Bonchev–Trinajstić information content (AvgIpc) is 3.22. The number of benzene rings is 2. The zero-order valence-corrected chi connectivity index (χ0v) is 18.1. The van der Waals surface area contributed by atoms with Crippen molar-refractivity contribution in [3.63, 3.8) is 0 Å². The van der Waals surface area contributed by atoms with Crippen molar-refractivity contribution in [2.45, 2.75) is 19.8 Å². The van der Waals surface area contributed by atoms with Gasteiger partial charge in [0.1, 0.15) is 29.2 Å². The molecule has 2 aromatic rings. The summed E-state index contributed by atoms with van der Waals surface area (Å²) in [6.45, 7) is 2.14. The molecule has 2 aromatic carbocycles. The molecule has 0 N–H and O–H groups in total. The van der Waals surface area contributed by atoms with Crippen molar-refractivity contribution in [3.05, 3.63) is 105 Å². The summed E-state index contributed by atoms with van der Waals surface area (Å²) in [6.07, 6.45) is 11.1. The first kappa shape index (κ1) is 21.8. The third-order valence-electron chi connectivity index (χ3n) is 6.03. The third-order valence-corrected chi connectivity index (χ3v) is 6.03. The van der Waals surface area contributed by atoms with Gasteiger partial charge in [0.25, 0.3) is 5.69 Å². The summed E-state index contributed by atoms with van der Waals surface area (Å²) in [7, 11) is 0. The molecule has 6 heteroatoms. The number of rotatable bonds is 5. The summed E-state index contributed by atoms with van der Waals surface area (Å²) >= 11 is 0. The van der Waals surface area contributed by atoms with Crippen LogP contribution in [0.1, 0.15) is 30.0 Å². The Morgan fingerprint density at radius 1 is 1.21 bits per heavy atom. The molecule has 1 aliphatic heterocycles. The van der Waals surface area contributed by atoms with Gasteiger partial charge < -0.3 is 4.74 Å². The number of hydrogen-bond acceptors (Lipinski definition) is 5. The maximum Gasteiger partial charge on any atom is 0.272 e.